The van der Waals surface area contributed by atoms with Gasteiger partial charge in [-0.2, -0.15) is 0 Å². The van der Waals surface area contributed by atoms with Gasteiger partial charge in [0.1, 0.15) is 0 Å². The molecule has 1 aliphatic carbocycles. The zero-order valence-corrected chi connectivity index (χ0v) is 5.54. The molecule has 0 aromatic heterocycles. The molecule has 9 heavy (non-hydrogen) atoms. The molecule has 0 saturated carbocycles. The first-order valence-electron chi connectivity index (χ1n) is 3.24. The molecule has 0 aromatic rings. The minimum atomic E-state index is -1.45. The minimum Gasteiger partial charge on any atom is -0.365 e. The maximum Gasteiger partial charge on any atom is 0.168 e. The summed E-state index contributed by atoms with van der Waals surface area (Å²) < 4.78 is 0. The van der Waals surface area contributed by atoms with Crippen molar-refractivity contribution in [3.63, 3.8) is 0 Å². The first-order valence-corrected chi connectivity index (χ1v) is 3.24. The van der Waals surface area contributed by atoms with Gasteiger partial charge in [0.2, 0.25) is 0 Å². The minimum absolute atomic E-state index is 0.119. The molecule has 0 saturated heterocycles. The van der Waals surface area contributed by atoms with Crippen LogP contribution >= 0.6 is 0 Å². The lowest BCUT2D eigenvalue weighted by Crippen LogP contribution is -2.36. The summed E-state index contributed by atoms with van der Waals surface area (Å²) in [6, 6.07) is 0. The molecule has 1 unspecified atom stereocenters. The van der Waals surface area contributed by atoms with Gasteiger partial charge in [0.25, 0.3) is 0 Å². The Hall–Kier alpha value is -0.340. The van der Waals surface area contributed by atoms with Crippen LogP contribution < -0.4 is 0 Å². The third-order valence-electron chi connectivity index (χ3n) is 1.83. The van der Waals surface area contributed by atoms with Gasteiger partial charge in [-0.25, -0.2) is 0 Å². The number of hydrogen-bond donors (Lipinski definition) is 2. The van der Waals surface area contributed by atoms with Crippen LogP contribution in [0.5, 0.6) is 0 Å². The lowest BCUT2D eigenvalue weighted by molar-refractivity contribution is -0.191. The predicted molar refractivity (Wildman–Crippen MR) is 34.7 cm³/mol. The van der Waals surface area contributed by atoms with Gasteiger partial charge in [-0.15, -0.1) is 0 Å². The van der Waals surface area contributed by atoms with Gasteiger partial charge in [-0.3, -0.25) is 0 Å². The van der Waals surface area contributed by atoms with E-state index in [1.54, 1.807) is 6.92 Å². The highest BCUT2D eigenvalue weighted by Crippen LogP contribution is 2.25. The standard InChI is InChI=1S/C7H12O2/c1-6-4-2-3-5-7(6,8)9/h2,4,6,8-9H,3,5H2,1H3. The van der Waals surface area contributed by atoms with Gasteiger partial charge in [-0.05, 0) is 6.42 Å². The zero-order valence-electron chi connectivity index (χ0n) is 5.54. The van der Waals surface area contributed by atoms with Crippen LogP contribution in [0.15, 0.2) is 12.2 Å². The van der Waals surface area contributed by atoms with Gasteiger partial charge < -0.3 is 10.2 Å². The Kier molecular flexibility index (Phi) is 1.60. The SMILES string of the molecule is CC1C=CCCC1(O)O. The third kappa shape index (κ3) is 1.32. The zero-order chi connectivity index (χ0) is 6.91. The molecular formula is C7H12O2. The Morgan fingerprint density at radius 1 is 1.56 bits per heavy atom. The van der Waals surface area contributed by atoms with Crippen LogP contribution in [-0.4, -0.2) is 16.0 Å². The Bertz CT molecular complexity index is 127. The van der Waals surface area contributed by atoms with Crippen molar-refractivity contribution >= 4 is 0 Å². The fourth-order valence-corrected chi connectivity index (χ4v) is 0.978. The van der Waals surface area contributed by atoms with Crippen molar-refractivity contribution in [2.75, 3.05) is 0 Å². The van der Waals surface area contributed by atoms with Crippen LogP contribution in [-0.2, 0) is 0 Å². The van der Waals surface area contributed by atoms with Gasteiger partial charge in [-0.1, -0.05) is 19.1 Å². The number of aliphatic hydroxyl groups is 2. The molecule has 0 bridgehead atoms. The van der Waals surface area contributed by atoms with Gasteiger partial charge >= 0.3 is 0 Å². The molecule has 1 rings (SSSR count). The van der Waals surface area contributed by atoms with E-state index in [0.717, 1.165) is 6.42 Å². The van der Waals surface area contributed by atoms with E-state index in [-0.39, 0.29) is 5.92 Å². The fourth-order valence-electron chi connectivity index (χ4n) is 0.978. The Balaban J connectivity index is 2.66. The smallest absolute Gasteiger partial charge is 0.168 e. The van der Waals surface area contributed by atoms with E-state index in [1.165, 1.54) is 0 Å². The molecule has 0 radical (unpaired) electrons. The normalized spacial score (nSPS) is 32.6. The largest absolute Gasteiger partial charge is 0.365 e. The van der Waals surface area contributed by atoms with Crippen molar-refractivity contribution < 1.29 is 10.2 Å². The fraction of sp³-hybridized carbons (Fsp3) is 0.714. The van der Waals surface area contributed by atoms with Crippen molar-refractivity contribution in [3.8, 4) is 0 Å². The predicted octanol–water partition coefficient (Wildman–Crippen LogP) is 0.653. The molecule has 2 N–H and O–H groups in total. The lowest BCUT2D eigenvalue weighted by Gasteiger charge is -2.28. The van der Waals surface area contributed by atoms with E-state index >= 15 is 0 Å². The topological polar surface area (TPSA) is 40.5 Å². The molecule has 1 atom stereocenters. The highest BCUT2D eigenvalue weighted by molar-refractivity contribution is 4.98. The van der Waals surface area contributed by atoms with E-state index in [1.807, 2.05) is 12.2 Å². The van der Waals surface area contributed by atoms with E-state index in [2.05, 4.69) is 0 Å². The number of allylic oxidation sites excluding steroid dienone is 1. The molecule has 0 aliphatic heterocycles. The summed E-state index contributed by atoms with van der Waals surface area (Å²) in [5, 5.41) is 18.3. The molecule has 52 valence electrons. The molecule has 2 heteroatoms. The van der Waals surface area contributed by atoms with Crippen LogP contribution in [0.1, 0.15) is 19.8 Å². The quantitative estimate of drug-likeness (QED) is 0.371. The van der Waals surface area contributed by atoms with Crippen molar-refractivity contribution in [2.45, 2.75) is 25.6 Å². The van der Waals surface area contributed by atoms with Crippen molar-refractivity contribution in [1.82, 2.24) is 0 Å². The number of hydrogen-bond acceptors (Lipinski definition) is 2. The van der Waals surface area contributed by atoms with Gasteiger partial charge in [0.15, 0.2) is 5.79 Å². The number of rotatable bonds is 0. The third-order valence-corrected chi connectivity index (χ3v) is 1.83. The van der Waals surface area contributed by atoms with Crippen LogP contribution in [0, 0.1) is 5.92 Å². The summed E-state index contributed by atoms with van der Waals surface area (Å²) in [7, 11) is 0. The second kappa shape index (κ2) is 2.12. The maximum absolute atomic E-state index is 9.15. The summed E-state index contributed by atoms with van der Waals surface area (Å²) in [5.41, 5.74) is 0. The maximum atomic E-state index is 9.15. The van der Waals surface area contributed by atoms with Gasteiger partial charge in [0, 0.05) is 12.3 Å². The average Bonchev–Trinajstić information content (AvgIpc) is 1.77. The van der Waals surface area contributed by atoms with E-state index in [9.17, 15) is 0 Å². The average molecular weight is 128 g/mol. The monoisotopic (exact) mass is 128 g/mol. The van der Waals surface area contributed by atoms with Crippen LogP contribution in [0.3, 0.4) is 0 Å². The van der Waals surface area contributed by atoms with Crippen molar-refractivity contribution in [1.29, 1.82) is 0 Å². The van der Waals surface area contributed by atoms with Crippen LogP contribution in [0.2, 0.25) is 0 Å². The van der Waals surface area contributed by atoms with Crippen molar-refractivity contribution in [3.05, 3.63) is 12.2 Å². The first kappa shape index (κ1) is 6.78. The van der Waals surface area contributed by atoms with E-state index in [4.69, 9.17) is 10.2 Å². The van der Waals surface area contributed by atoms with Crippen molar-refractivity contribution in [2.24, 2.45) is 5.92 Å². The van der Waals surface area contributed by atoms with Crippen LogP contribution in [0.4, 0.5) is 0 Å². The molecule has 1 aliphatic rings. The Morgan fingerprint density at radius 2 is 2.22 bits per heavy atom. The molecule has 0 spiro atoms. The van der Waals surface area contributed by atoms with E-state index in [0.29, 0.717) is 6.42 Å². The molecule has 2 nitrogen and oxygen atoms in total. The molecule has 0 heterocycles. The van der Waals surface area contributed by atoms with Gasteiger partial charge in [0.05, 0.1) is 0 Å². The molecule has 0 fully saturated rings. The molecule has 0 aromatic carbocycles. The summed E-state index contributed by atoms with van der Waals surface area (Å²) in [4.78, 5) is 0. The second-order valence-electron chi connectivity index (χ2n) is 2.63. The summed E-state index contributed by atoms with van der Waals surface area (Å²) in [6.07, 6.45) is 5.06. The molecular weight excluding hydrogens is 116 g/mol. The van der Waals surface area contributed by atoms with Crippen LogP contribution in [0.25, 0.3) is 0 Å². The highest BCUT2D eigenvalue weighted by atomic mass is 16.5. The highest BCUT2D eigenvalue weighted by Gasteiger charge is 2.30. The summed E-state index contributed by atoms with van der Waals surface area (Å²) in [6.45, 7) is 1.80. The second-order valence-corrected chi connectivity index (χ2v) is 2.63. The first-order chi connectivity index (χ1) is 4.13. The lowest BCUT2D eigenvalue weighted by atomic mass is 9.91. The van der Waals surface area contributed by atoms with E-state index < -0.39 is 5.79 Å². The summed E-state index contributed by atoms with van der Waals surface area (Å²) >= 11 is 0. The Morgan fingerprint density at radius 3 is 2.56 bits per heavy atom. The Labute approximate surface area is 54.8 Å². The summed E-state index contributed by atoms with van der Waals surface area (Å²) in [5.74, 6) is -1.57. The molecule has 0 amide bonds.